The van der Waals surface area contributed by atoms with Gasteiger partial charge in [-0.1, -0.05) is 0 Å². The van der Waals surface area contributed by atoms with Gasteiger partial charge in [-0.15, -0.1) is 0 Å². The second-order valence-electron chi connectivity index (χ2n) is 2.27. The van der Waals surface area contributed by atoms with Crippen molar-refractivity contribution in [3.05, 3.63) is 0 Å². The normalized spacial score (nSPS) is 12.4. The van der Waals surface area contributed by atoms with E-state index < -0.39 is 10.6 Å². The predicted octanol–water partition coefficient (Wildman–Crippen LogP) is 0.459. The second kappa shape index (κ2) is 4.42. The molecule has 0 aromatic heterocycles. The molecule has 0 fully saturated rings. The summed E-state index contributed by atoms with van der Waals surface area (Å²) in [5, 5.41) is 0. The first-order valence-electron chi connectivity index (χ1n) is 3.07. The zero-order chi connectivity index (χ0) is 9.02. The fourth-order valence-electron chi connectivity index (χ4n) is 0.554. The van der Waals surface area contributed by atoms with E-state index in [1.807, 2.05) is 0 Å². The van der Waals surface area contributed by atoms with Gasteiger partial charge in [0.2, 0.25) is 0 Å². The quantitative estimate of drug-likeness (QED) is 0.494. The van der Waals surface area contributed by atoms with E-state index in [0.717, 1.165) is 0 Å². The van der Waals surface area contributed by atoms with Gasteiger partial charge in [0.05, 0.1) is 0 Å². The Bertz CT molecular complexity index is 198. The van der Waals surface area contributed by atoms with Crippen LogP contribution in [-0.4, -0.2) is 17.3 Å². The van der Waals surface area contributed by atoms with E-state index in [1.165, 1.54) is 13.8 Å². The monoisotopic (exact) mass is 204 g/mol. The number of carbonyl (C=O) groups is 3. The van der Waals surface area contributed by atoms with E-state index >= 15 is 0 Å². The third kappa shape index (κ3) is 4.06. The molecule has 1 atom stereocenters. The second-order valence-corrected chi connectivity index (χ2v) is 2.82. The van der Waals surface area contributed by atoms with Crippen LogP contribution in [0.15, 0.2) is 0 Å². The summed E-state index contributed by atoms with van der Waals surface area (Å²) in [5.41, 5.74) is 0. The summed E-state index contributed by atoms with van der Waals surface area (Å²) in [6, 6.07) is 0. The summed E-state index contributed by atoms with van der Waals surface area (Å²) in [6.07, 6.45) is -0.234. The first-order valence-corrected chi connectivity index (χ1v) is 3.61. The van der Waals surface area contributed by atoms with Crippen LogP contribution in [0, 0.1) is 0 Å². The molecule has 66 valence electrons. The maximum absolute atomic E-state index is 10.8. The van der Waals surface area contributed by atoms with Crippen LogP contribution in [0.1, 0.15) is 20.3 Å². The van der Waals surface area contributed by atoms with E-state index in [-0.39, 0.29) is 18.0 Å². The van der Waals surface area contributed by atoms with Crippen molar-refractivity contribution in [3.63, 3.8) is 0 Å². The van der Waals surface area contributed by atoms with Gasteiger partial charge in [0.15, 0.2) is 0 Å². The van der Waals surface area contributed by atoms with Gasteiger partial charge in [-0.25, -0.2) is 0 Å². The topological polar surface area (TPSA) is 51.2 Å². The zero-order valence-corrected chi connectivity index (χ0v) is 7.25. The van der Waals surface area contributed by atoms with Crippen molar-refractivity contribution in [2.75, 3.05) is 0 Å². The van der Waals surface area contributed by atoms with Crippen LogP contribution in [0.2, 0.25) is 4.82 Å². The summed E-state index contributed by atoms with van der Waals surface area (Å²) in [7, 11) is 0. The van der Waals surface area contributed by atoms with Crippen molar-refractivity contribution in [3.8, 4) is 0 Å². The minimum absolute atomic E-state index is 0.234. The van der Waals surface area contributed by atoms with Crippen molar-refractivity contribution < 1.29 is 30.4 Å². The van der Waals surface area contributed by atoms with Crippen LogP contribution in [0.4, 0.5) is 0 Å². The fourth-order valence-corrected chi connectivity index (χ4v) is 0.650. The van der Waals surface area contributed by atoms with Crippen molar-refractivity contribution >= 4 is 17.3 Å². The Kier molecular flexibility index (Phi) is 4.23. The molecule has 0 aromatic carbocycles. The van der Waals surface area contributed by atoms with Crippen molar-refractivity contribution in [1.82, 2.24) is 0 Å². The molecule has 0 bridgehead atoms. The van der Waals surface area contributed by atoms with Crippen LogP contribution < -0.4 is 0 Å². The van der Waals surface area contributed by atoms with Gasteiger partial charge < -0.3 is 0 Å². The molecule has 3 nitrogen and oxygen atoms in total. The van der Waals surface area contributed by atoms with Gasteiger partial charge in [0.25, 0.3) is 0 Å². The first kappa shape index (κ1) is 10.5. The Balaban J connectivity index is 4.04. The van der Waals surface area contributed by atoms with E-state index in [0.29, 0.717) is 0 Å². The molecule has 11 heavy (non-hydrogen) atoms. The van der Waals surface area contributed by atoms with E-state index in [1.54, 1.807) is 0 Å². The molecule has 0 rings (SSSR count). The van der Waals surface area contributed by atoms with Gasteiger partial charge in [-0.3, -0.25) is 0 Å². The van der Waals surface area contributed by atoms with Gasteiger partial charge in [-0.2, -0.15) is 0 Å². The third-order valence-corrected chi connectivity index (χ3v) is 1.69. The zero-order valence-electron chi connectivity index (χ0n) is 6.31. The van der Waals surface area contributed by atoms with Crippen LogP contribution in [0.5, 0.6) is 0 Å². The number of rotatable bonds is 4. The molecule has 0 radical (unpaired) electrons. The first-order chi connectivity index (χ1) is 4.95. The molecule has 0 aromatic rings. The molecule has 0 aliphatic rings. The molecule has 0 heterocycles. The van der Waals surface area contributed by atoms with Gasteiger partial charge in [0.1, 0.15) is 0 Å². The Morgan fingerprint density at radius 3 is 2.00 bits per heavy atom. The summed E-state index contributed by atoms with van der Waals surface area (Å²) in [5.74, 6) is -1.12. The average Bonchev–Trinajstić information content (AvgIpc) is 1.84. The molecule has 0 aliphatic carbocycles. The molecule has 0 N–H and O–H groups in total. The van der Waals surface area contributed by atoms with Gasteiger partial charge in [-0.05, 0) is 0 Å². The summed E-state index contributed by atoms with van der Waals surface area (Å²) < 4.78 is 0. The number of hydrogen-bond donors (Lipinski definition) is 0. The third-order valence-electron chi connectivity index (χ3n) is 1.01. The van der Waals surface area contributed by atoms with Crippen LogP contribution in [-0.2, 0) is 30.4 Å². The molecule has 0 aliphatic heterocycles. The maximum atomic E-state index is 10.8. The standard InChI is InChI=1S/C7H9O3.Cu/c1-5(8)3-7(10)4-6(2)9;/h3H,4H2,1-2H3;. The van der Waals surface area contributed by atoms with Crippen molar-refractivity contribution in [2.24, 2.45) is 0 Å². The number of Topliss-reactive ketones (excluding diaryl/α,β-unsaturated/α-hetero) is 3. The number of hydrogen-bond acceptors (Lipinski definition) is 3. The van der Waals surface area contributed by atoms with Crippen LogP contribution >= 0.6 is 0 Å². The van der Waals surface area contributed by atoms with E-state index in [4.69, 9.17) is 16.0 Å². The SMILES string of the molecule is CC(=O)CC(=O)[CH]([Cu])C(C)=O. The molecule has 0 amide bonds. The van der Waals surface area contributed by atoms with Gasteiger partial charge >= 0.3 is 72.8 Å². The van der Waals surface area contributed by atoms with Gasteiger partial charge in [0, 0.05) is 0 Å². The van der Waals surface area contributed by atoms with Crippen LogP contribution in [0.25, 0.3) is 0 Å². The Labute approximate surface area is 73.3 Å². The molecular formula is C7H9CuO3. The van der Waals surface area contributed by atoms with E-state index in [9.17, 15) is 14.4 Å². The Hall–Kier alpha value is -0.471. The number of carbonyl (C=O) groups excluding carboxylic acids is 3. The van der Waals surface area contributed by atoms with E-state index in [2.05, 4.69) is 0 Å². The Morgan fingerprint density at radius 1 is 1.27 bits per heavy atom. The molecule has 0 saturated heterocycles. The minimum atomic E-state index is -1.06. The average molecular weight is 205 g/mol. The number of ketones is 3. The Morgan fingerprint density at radius 2 is 1.73 bits per heavy atom. The summed E-state index contributed by atoms with van der Waals surface area (Å²) in [4.78, 5) is 30.7. The van der Waals surface area contributed by atoms with Crippen molar-refractivity contribution in [2.45, 2.75) is 25.1 Å². The molecule has 0 spiro atoms. The molecule has 0 saturated carbocycles. The van der Waals surface area contributed by atoms with Crippen molar-refractivity contribution in [1.29, 1.82) is 0 Å². The summed E-state index contributed by atoms with van der Waals surface area (Å²) in [6.45, 7) is 2.53. The fraction of sp³-hybridized carbons (Fsp3) is 0.571. The molecular weight excluding hydrogens is 196 g/mol. The molecule has 4 heteroatoms. The predicted molar refractivity (Wildman–Crippen MR) is 34.7 cm³/mol. The molecule has 1 unspecified atom stereocenters. The van der Waals surface area contributed by atoms with Crippen LogP contribution in [0.3, 0.4) is 0 Å². The summed E-state index contributed by atoms with van der Waals surface area (Å²) >= 11 is 4.70.